The van der Waals surface area contributed by atoms with Gasteiger partial charge in [0.15, 0.2) is 0 Å². The van der Waals surface area contributed by atoms with Gasteiger partial charge in [-0.3, -0.25) is 0 Å². The van der Waals surface area contributed by atoms with Crippen molar-refractivity contribution in [2.75, 3.05) is 12.4 Å². The molecular weight excluding hydrogens is 304 g/mol. The summed E-state index contributed by atoms with van der Waals surface area (Å²) in [6.07, 6.45) is 0. The number of nitrogens with one attached hydrogen (secondary N) is 2. The van der Waals surface area contributed by atoms with Crippen LogP contribution >= 0.6 is 11.6 Å². The van der Waals surface area contributed by atoms with E-state index in [9.17, 15) is 9.59 Å². The Hall–Kier alpha value is -2.53. The third-order valence-electron chi connectivity index (χ3n) is 2.93. The molecule has 0 spiro atoms. The number of esters is 1. The fraction of sp³-hybridized carbons (Fsp3) is 0.125. The van der Waals surface area contributed by atoms with Crippen molar-refractivity contribution in [2.45, 2.75) is 6.54 Å². The second-order valence-electron chi connectivity index (χ2n) is 4.50. The molecule has 0 aromatic heterocycles. The highest BCUT2D eigenvalue weighted by Gasteiger charge is 2.06. The third kappa shape index (κ3) is 4.49. The van der Waals surface area contributed by atoms with Gasteiger partial charge in [0.1, 0.15) is 0 Å². The maximum absolute atomic E-state index is 11.8. The van der Waals surface area contributed by atoms with E-state index in [1.54, 1.807) is 36.4 Å². The van der Waals surface area contributed by atoms with Gasteiger partial charge < -0.3 is 15.4 Å². The van der Waals surface area contributed by atoms with Gasteiger partial charge in [-0.05, 0) is 42.0 Å². The number of anilines is 1. The first-order valence-electron chi connectivity index (χ1n) is 6.56. The lowest BCUT2D eigenvalue weighted by molar-refractivity contribution is 0.0601. The van der Waals surface area contributed by atoms with Gasteiger partial charge in [0.2, 0.25) is 0 Å². The molecular formula is C16H15ClN2O3. The summed E-state index contributed by atoms with van der Waals surface area (Å²) in [5.41, 5.74) is 1.96. The molecule has 0 atom stereocenters. The van der Waals surface area contributed by atoms with Gasteiger partial charge in [-0.2, -0.15) is 0 Å². The van der Waals surface area contributed by atoms with Crippen LogP contribution in [0.15, 0.2) is 48.5 Å². The van der Waals surface area contributed by atoms with Gasteiger partial charge in [-0.25, -0.2) is 9.59 Å². The normalized spacial score (nSPS) is 9.91. The maximum Gasteiger partial charge on any atom is 0.337 e. The zero-order valence-electron chi connectivity index (χ0n) is 11.9. The molecule has 114 valence electrons. The van der Waals surface area contributed by atoms with Crippen LogP contribution in [0, 0.1) is 0 Å². The van der Waals surface area contributed by atoms with E-state index in [4.69, 9.17) is 11.6 Å². The van der Waals surface area contributed by atoms with Crippen LogP contribution in [0.4, 0.5) is 10.5 Å². The van der Waals surface area contributed by atoms with Gasteiger partial charge in [0.05, 0.1) is 12.7 Å². The number of hydrogen-bond donors (Lipinski definition) is 2. The topological polar surface area (TPSA) is 67.4 Å². The molecule has 2 aromatic carbocycles. The predicted molar refractivity (Wildman–Crippen MR) is 85.1 cm³/mol. The van der Waals surface area contributed by atoms with Gasteiger partial charge in [-0.1, -0.05) is 23.7 Å². The van der Waals surface area contributed by atoms with Crippen molar-refractivity contribution in [1.82, 2.24) is 5.32 Å². The lowest BCUT2D eigenvalue weighted by Gasteiger charge is -2.08. The maximum atomic E-state index is 11.8. The molecule has 0 unspecified atom stereocenters. The molecule has 0 fully saturated rings. The van der Waals surface area contributed by atoms with E-state index in [0.717, 1.165) is 5.56 Å². The summed E-state index contributed by atoms with van der Waals surface area (Å²) in [7, 11) is 1.32. The SMILES string of the molecule is COC(=O)c1ccc(NC(=O)NCc2ccc(Cl)cc2)cc1. The highest BCUT2D eigenvalue weighted by atomic mass is 35.5. The van der Waals surface area contributed by atoms with Crippen LogP contribution in [0.5, 0.6) is 0 Å². The van der Waals surface area contributed by atoms with Crippen molar-refractivity contribution in [3.05, 3.63) is 64.7 Å². The monoisotopic (exact) mass is 318 g/mol. The summed E-state index contributed by atoms with van der Waals surface area (Å²) in [6.45, 7) is 0.392. The Balaban J connectivity index is 1.86. The first kappa shape index (κ1) is 15.9. The lowest BCUT2D eigenvalue weighted by Crippen LogP contribution is -2.28. The second kappa shape index (κ2) is 7.47. The average Bonchev–Trinajstić information content (AvgIpc) is 2.54. The Labute approximate surface area is 133 Å². The van der Waals surface area contributed by atoms with E-state index < -0.39 is 5.97 Å². The minimum Gasteiger partial charge on any atom is -0.465 e. The number of hydrogen-bond acceptors (Lipinski definition) is 3. The molecule has 0 heterocycles. The van der Waals surface area contributed by atoms with E-state index in [1.165, 1.54) is 7.11 Å². The van der Waals surface area contributed by atoms with Crippen LogP contribution in [0.1, 0.15) is 15.9 Å². The van der Waals surface area contributed by atoms with Crippen LogP contribution < -0.4 is 10.6 Å². The fourth-order valence-electron chi connectivity index (χ4n) is 1.77. The molecule has 2 amide bonds. The van der Waals surface area contributed by atoms with Crippen molar-refractivity contribution < 1.29 is 14.3 Å². The molecule has 0 saturated heterocycles. The third-order valence-corrected chi connectivity index (χ3v) is 3.18. The number of urea groups is 1. The number of ether oxygens (including phenoxy) is 1. The van der Waals surface area contributed by atoms with Crippen LogP contribution in [0.3, 0.4) is 0 Å². The Bertz CT molecular complexity index is 654. The molecule has 22 heavy (non-hydrogen) atoms. The minimum atomic E-state index is -0.418. The molecule has 0 saturated carbocycles. The zero-order valence-corrected chi connectivity index (χ0v) is 12.7. The van der Waals surface area contributed by atoms with Crippen LogP contribution in [0.2, 0.25) is 5.02 Å². The summed E-state index contributed by atoms with van der Waals surface area (Å²) in [5, 5.41) is 6.06. The first-order chi connectivity index (χ1) is 10.6. The number of carbonyl (C=O) groups is 2. The highest BCUT2D eigenvalue weighted by Crippen LogP contribution is 2.11. The minimum absolute atomic E-state index is 0.333. The number of carbonyl (C=O) groups excluding carboxylic acids is 2. The summed E-state index contributed by atoms with van der Waals surface area (Å²) in [4.78, 5) is 23.1. The van der Waals surface area contributed by atoms with Gasteiger partial charge in [-0.15, -0.1) is 0 Å². The summed E-state index contributed by atoms with van der Waals surface area (Å²) in [6, 6.07) is 13.3. The van der Waals surface area contributed by atoms with Crippen molar-refractivity contribution in [1.29, 1.82) is 0 Å². The summed E-state index contributed by atoms with van der Waals surface area (Å²) in [5.74, 6) is -0.418. The molecule has 0 bridgehead atoms. The molecule has 0 aliphatic rings. The fourth-order valence-corrected chi connectivity index (χ4v) is 1.89. The Morgan fingerprint density at radius 2 is 1.68 bits per heavy atom. The summed E-state index contributed by atoms with van der Waals surface area (Å²) >= 11 is 5.79. The highest BCUT2D eigenvalue weighted by molar-refractivity contribution is 6.30. The van der Waals surface area contributed by atoms with Gasteiger partial charge in [0.25, 0.3) is 0 Å². The van der Waals surface area contributed by atoms with Crippen molar-refractivity contribution >= 4 is 29.3 Å². The van der Waals surface area contributed by atoms with Crippen LogP contribution in [0.25, 0.3) is 0 Å². The molecule has 0 aliphatic carbocycles. The van der Waals surface area contributed by atoms with E-state index in [2.05, 4.69) is 15.4 Å². The van der Waals surface area contributed by atoms with E-state index in [0.29, 0.717) is 22.8 Å². The standard InChI is InChI=1S/C16H15ClN2O3/c1-22-15(20)12-4-8-14(9-5-12)19-16(21)18-10-11-2-6-13(17)7-3-11/h2-9H,10H2,1H3,(H2,18,19,21). The quantitative estimate of drug-likeness (QED) is 0.848. The van der Waals surface area contributed by atoms with Crippen molar-refractivity contribution in [2.24, 2.45) is 0 Å². The van der Waals surface area contributed by atoms with Crippen molar-refractivity contribution in [3.63, 3.8) is 0 Å². The average molecular weight is 319 g/mol. The number of benzene rings is 2. The predicted octanol–water partition coefficient (Wildman–Crippen LogP) is 3.45. The molecule has 5 nitrogen and oxygen atoms in total. The summed E-state index contributed by atoms with van der Waals surface area (Å²) < 4.78 is 4.61. The van der Waals surface area contributed by atoms with Crippen molar-refractivity contribution in [3.8, 4) is 0 Å². The van der Waals surface area contributed by atoms with E-state index >= 15 is 0 Å². The second-order valence-corrected chi connectivity index (χ2v) is 4.94. The Morgan fingerprint density at radius 3 is 2.27 bits per heavy atom. The van der Waals surface area contributed by atoms with Gasteiger partial charge in [0, 0.05) is 17.3 Å². The molecule has 6 heteroatoms. The van der Waals surface area contributed by atoms with E-state index in [-0.39, 0.29) is 6.03 Å². The molecule has 2 N–H and O–H groups in total. The first-order valence-corrected chi connectivity index (χ1v) is 6.94. The molecule has 2 aromatic rings. The number of rotatable bonds is 4. The smallest absolute Gasteiger partial charge is 0.337 e. The number of amides is 2. The van der Waals surface area contributed by atoms with Gasteiger partial charge >= 0.3 is 12.0 Å². The largest absolute Gasteiger partial charge is 0.465 e. The van der Waals surface area contributed by atoms with E-state index in [1.807, 2.05) is 12.1 Å². The molecule has 2 rings (SSSR count). The molecule has 0 radical (unpaired) electrons. The Kier molecular flexibility index (Phi) is 5.38. The Morgan fingerprint density at radius 1 is 1.05 bits per heavy atom. The van der Waals surface area contributed by atoms with Crippen LogP contribution in [-0.4, -0.2) is 19.1 Å². The number of methoxy groups -OCH3 is 1. The zero-order chi connectivity index (χ0) is 15.9. The van der Waals surface area contributed by atoms with Crippen LogP contribution in [-0.2, 0) is 11.3 Å². The molecule has 0 aliphatic heterocycles. The number of halogens is 1. The lowest BCUT2D eigenvalue weighted by atomic mass is 10.2.